The van der Waals surface area contributed by atoms with Gasteiger partial charge in [0, 0.05) is 36.5 Å². The molecule has 0 N–H and O–H groups in total. The summed E-state index contributed by atoms with van der Waals surface area (Å²) < 4.78 is 0. The molecule has 0 unspecified atom stereocenters. The van der Waals surface area contributed by atoms with Crippen LogP contribution in [0.2, 0.25) is 0 Å². The minimum absolute atomic E-state index is 0.150. The van der Waals surface area contributed by atoms with E-state index in [1.54, 1.807) is 11.8 Å². The number of hydrogen-bond acceptors (Lipinski definition) is 3. The van der Waals surface area contributed by atoms with Gasteiger partial charge in [-0.05, 0) is 12.1 Å². The average molecular weight is 320 g/mol. The summed E-state index contributed by atoms with van der Waals surface area (Å²) in [5.41, 5.74) is -0.352. The molecule has 4 nitrogen and oxygen atoms in total. The Labute approximate surface area is 136 Å². The summed E-state index contributed by atoms with van der Waals surface area (Å²) in [6, 6.07) is 9.94. The first-order chi connectivity index (χ1) is 10.4. The molecule has 1 aromatic rings. The zero-order chi connectivity index (χ0) is 16.2. The fraction of sp³-hybridized carbons (Fsp3) is 0.529. The summed E-state index contributed by atoms with van der Waals surface area (Å²) in [5.74, 6) is 0.770. The second-order valence-electron chi connectivity index (χ2n) is 6.52. The van der Waals surface area contributed by atoms with Crippen LogP contribution in [0.1, 0.15) is 20.8 Å². The first-order valence-corrected chi connectivity index (χ1v) is 8.61. The molecule has 0 saturated carbocycles. The largest absolute Gasteiger partial charge is 0.339 e. The van der Waals surface area contributed by atoms with E-state index in [9.17, 15) is 9.59 Å². The lowest BCUT2D eigenvalue weighted by molar-refractivity contribution is -0.144. The number of amides is 2. The van der Waals surface area contributed by atoms with Crippen LogP contribution in [0, 0.1) is 5.41 Å². The number of carbonyl (C=O) groups is 2. The minimum atomic E-state index is -0.352. The lowest BCUT2D eigenvalue weighted by Crippen LogP contribution is -2.53. The third-order valence-electron chi connectivity index (χ3n) is 3.67. The first kappa shape index (κ1) is 16.9. The van der Waals surface area contributed by atoms with Gasteiger partial charge in [0.15, 0.2) is 0 Å². The number of piperazine rings is 1. The molecule has 120 valence electrons. The lowest BCUT2D eigenvalue weighted by Gasteiger charge is -2.37. The van der Waals surface area contributed by atoms with Crippen LogP contribution in [0.3, 0.4) is 0 Å². The Morgan fingerprint density at radius 3 is 2.09 bits per heavy atom. The molecule has 1 heterocycles. The van der Waals surface area contributed by atoms with E-state index in [2.05, 4.69) is 0 Å². The van der Waals surface area contributed by atoms with Crippen LogP contribution in [-0.2, 0) is 9.59 Å². The van der Waals surface area contributed by atoms with Crippen molar-refractivity contribution in [1.82, 2.24) is 9.80 Å². The fourth-order valence-corrected chi connectivity index (χ4v) is 3.21. The molecule has 0 atom stereocenters. The summed E-state index contributed by atoms with van der Waals surface area (Å²) in [4.78, 5) is 29.3. The van der Waals surface area contributed by atoms with Gasteiger partial charge in [0.05, 0.1) is 5.75 Å². The van der Waals surface area contributed by atoms with Crippen LogP contribution in [0.25, 0.3) is 0 Å². The minimum Gasteiger partial charge on any atom is -0.339 e. The molecule has 1 fully saturated rings. The third kappa shape index (κ3) is 4.50. The molecule has 0 bridgehead atoms. The van der Waals surface area contributed by atoms with E-state index in [0.29, 0.717) is 31.9 Å². The van der Waals surface area contributed by atoms with Gasteiger partial charge < -0.3 is 9.80 Å². The van der Waals surface area contributed by atoms with Crippen molar-refractivity contribution < 1.29 is 9.59 Å². The van der Waals surface area contributed by atoms with E-state index >= 15 is 0 Å². The van der Waals surface area contributed by atoms with Crippen molar-refractivity contribution in [3.05, 3.63) is 30.3 Å². The van der Waals surface area contributed by atoms with Crippen molar-refractivity contribution in [3.63, 3.8) is 0 Å². The molecule has 1 aromatic carbocycles. The summed E-state index contributed by atoms with van der Waals surface area (Å²) in [6.45, 7) is 8.35. The smallest absolute Gasteiger partial charge is 0.233 e. The molecule has 0 aliphatic carbocycles. The van der Waals surface area contributed by atoms with Crippen LogP contribution in [-0.4, -0.2) is 53.5 Å². The summed E-state index contributed by atoms with van der Waals surface area (Å²) in [7, 11) is 0. The predicted molar refractivity (Wildman–Crippen MR) is 89.8 cm³/mol. The molecule has 0 radical (unpaired) electrons. The second-order valence-corrected chi connectivity index (χ2v) is 7.57. The van der Waals surface area contributed by atoms with E-state index in [0.717, 1.165) is 4.90 Å². The lowest BCUT2D eigenvalue weighted by atomic mass is 9.94. The van der Waals surface area contributed by atoms with Gasteiger partial charge in [0.25, 0.3) is 0 Å². The van der Waals surface area contributed by atoms with Crippen LogP contribution in [0.5, 0.6) is 0 Å². The van der Waals surface area contributed by atoms with Crippen molar-refractivity contribution in [3.8, 4) is 0 Å². The molecule has 0 spiro atoms. The number of hydrogen-bond donors (Lipinski definition) is 0. The predicted octanol–water partition coefficient (Wildman–Crippen LogP) is 2.50. The van der Waals surface area contributed by atoms with Crippen LogP contribution in [0.4, 0.5) is 0 Å². The Bertz CT molecular complexity index is 517. The summed E-state index contributed by atoms with van der Waals surface area (Å²) >= 11 is 1.56. The standard InChI is InChI=1S/C17H24N2O2S/c1-17(2,3)16(21)19-11-9-18(10-12-19)15(20)13-22-14-7-5-4-6-8-14/h4-8H,9-13H2,1-3H3. The SMILES string of the molecule is CC(C)(C)C(=O)N1CCN(C(=O)CSc2ccccc2)CC1. The molecule has 5 heteroatoms. The van der Waals surface area contributed by atoms with Gasteiger partial charge in [-0.25, -0.2) is 0 Å². The Morgan fingerprint density at radius 2 is 1.55 bits per heavy atom. The molecule has 1 aliphatic heterocycles. The number of rotatable bonds is 3. The van der Waals surface area contributed by atoms with Crippen molar-refractivity contribution >= 4 is 23.6 Å². The second kappa shape index (κ2) is 7.18. The van der Waals surface area contributed by atoms with Crippen molar-refractivity contribution in [2.45, 2.75) is 25.7 Å². The monoisotopic (exact) mass is 320 g/mol. The van der Waals surface area contributed by atoms with Gasteiger partial charge in [0.2, 0.25) is 11.8 Å². The van der Waals surface area contributed by atoms with Crippen molar-refractivity contribution in [2.24, 2.45) is 5.41 Å². The normalized spacial score (nSPS) is 15.8. The molecule has 0 aromatic heterocycles. The van der Waals surface area contributed by atoms with Gasteiger partial charge >= 0.3 is 0 Å². The fourth-order valence-electron chi connectivity index (χ4n) is 2.39. The quantitative estimate of drug-likeness (QED) is 0.804. The average Bonchev–Trinajstić information content (AvgIpc) is 2.52. The number of nitrogens with zero attached hydrogens (tertiary/aromatic N) is 2. The molecule has 22 heavy (non-hydrogen) atoms. The molecule has 1 saturated heterocycles. The number of benzene rings is 1. The molecular weight excluding hydrogens is 296 g/mol. The van der Waals surface area contributed by atoms with Crippen LogP contribution < -0.4 is 0 Å². The summed E-state index contributed by atoms with van der Waals surface area (Å²) in [5, 5.41) is 0. The third-order valence-corrected chi connectivity index (χ3v) is 4.66. The Morgan fingerprint density at radius 1 is 1.00 bits per heavy atom. The van der Waals surface area contributed by atoms with E-state index in [4.69, 9.17) is 0 Å². The topological polar surface area (TPSA) is 40.6 Å². The van der Waals surface area contributed by atoms with E-state index in [1.165, 1.54) is 0 Å². The van der Waals surface area contributed by atoms with Gasteiger partial charge in [-0.15, -0.1) is 11.8 Å². The maximum Gasteiger partial charge on any atom is 0.233 e. The molecule has 2 rings (SSSR count). The zero-order valence-corrected chi connectivity index (χ0v) is 14.4. The Kier molecular flexibility index (Phi) is 5.51. The van der Waals surface area contributed by atoms with Gasteiger partial charge in [-0.1, -0.05) is 39.0 Å². The molecule has 2 amide bonds. The highest BCUT2D eigenvalue weighted by atomic mass is 32.2. The van der Waals surface area contributed by atoms with E-state index < -0.39 is 0 Å². The van der Waals surface area contributed by atoms with E-state index in [1.807, 2.05) is 60.9 Å². The van der Waals surface area contributed by atoms with Crippen LogP contribution >= 0.6 is 11.8 Å². The number of carbonyl (C=O) groups excluding carboxylic acids is 2. The van der Waals surface area contributed by atoms with Gasteiger partial charge in [-0.2, -0.15) is 0 Å². The zero-order valence-electron chi connectivity index (χ0n) is 13.5. The van der Waals surface area contributed by atoms with Gasteiger partial charge in [-0.3, -0.25) is 9.59 Å². The Hall–Kier alpha value is -1.49. The van der Waals surface area contributed by atoms with Gasteiger partial charge in [0.1, 0.15) is 0 Å². The summed E-state index contributed by atoms with van der Waals surface area (Å²) in [6.07, 6.45) is 0. The van der Waals surface area contributed by atoms with E-state index in [-0.39, 0.29) is 17.2 Å². The Balaban J connectivity index is 1.79. The molecular formula is C17H24N2O2S. The first-order valence-electron chi connectivity index (χ1n) is 7.63. The molecule has 1 aliphatic rings. The highest BCUT2D eigenvalue weighted by Gasteiger charge is 2.30. The van der Waals surface area contributed by atoms with Crippen molar-refractivity contribution in [1.29, 1.82) is 0 Å². The van der Waals surface area contributed by atoms with Crippen molar-refractivity contribution in [2.75, 3.05) is 31.9 Å². The maximum atomic E-state index is 12.2. The maximum absolute atomic E-state index is 12.2. The highest BCUT2D eigenvalue weighted by Crippen LogP contribution is 2.20. The number of thioether (sulfide) groups is 1. The van der Waals surface area contributed by atoms with Crippen LogP contribution in [0.15, 0.2) is 35.2 Å². The highest BCUT2D eigenvalue weighted by molar-refractivity contribution is 8.00.